The van der Waals surface area contributed by atoms with Gasteiger partial charge in [0.1, 0.15) is 12.1 Å². The van der Waals surface area contributed by atoms with Crippen molar-refractivity contribution in [2.45, 2.75) is 26.7 Å². The number of aromatic nitrogens is 2. The maximum absolute atomic E-state index is 12.3. The monoisotopic (exact) mass is 346 g/mol. The Balaban J connectivity index is 1.68. The molecule has 2 heterocycles. The van der Waals surface area contributed by atoms with Gasteiger partial charge in [0.2, 0.25) is 5.91 Å². The number of piperazine rings is 1. The molecule has 1 amide bonds. The zero-order valence-corrected chi connectivity index (χ0v) is 15.0. The first kappa shape index (κ1) is 17.0. The van der Waals surface area contributed by atoms with Gasteiger partial charge in [0.05, 0.1) is 5.52 Å². The molecule has 5 nitrogen and oxygen atoms in total. The predicted molar refractivity (Wildman–Crippen MR) is 97.4 cm³/mol. The molecule has 0 bridgehead atoms. The molecule has 0 radical (unpaired) electrons. The molecule has 1 aromatic heterocycles. The summed E-state index contributed by atoms with van der Waals surface area (Å²) in [5, 5.41) is 1.68. The maximum atomic E-state index is 12.3. The van der Waals surface area contributed by atoms with Crippen molar-refractivity contribution in [2.75, 3.05) is 31.1 Å². The summed E-state index contributed by atoms with van der Waals surface area (Å²) in [6, 6.07) is 5.68. The number of nitrogens with zero attached hydrogens (tertiary/aromatic N) is 4. The molecular weight excluding hydrogens is 324 g/mol. The molecule has 24 heavy (non-hydrogen) atoms. The molecule has 0 atom stereocenters. The van der Waals surface area contributed by atoms with Gasteiger partial charge in [-0.1, -0.05) is 25.4 Å². The lowest BCUT2D eigenvalue weighted by Crippen LogP contribution is -2.49. The molecule has 2 aromatic rings. The second-order valence-electron chi connectivity index (χ2n) is 6.66. The van der Waals surface area contributed by atoms with Crippen LogP contribution in [-0.4, -0.2) is 47.0 Å². The van der Waals surface area contributed by atoms with Crippen LogP contribution in [0.25, 0.3) is 10.9 Å². The van der Waals surface area contributed by atoms with Crippen LogP contribution in [-0.2, 0) is 4.79 Å². The summed E-state index contributed by atoms with van der Waals surface area (Å²) in [5.74, 6) is 1.75. The molecule has 3 rings (SSSR count). The minimum atomic E-state index is 0.266. The molecule has 1 aliphatic rings. The van der Waals surface area contributed by atoms with Crippen molar-refractivity contribution in [1.82, 2.24) is 14.9 Å². The lowest BCUT2D eigenvalue weighted by molar-refractivity contribution is -0.131. The second-order valence-corrected chi connectivity index (χ2v) is 7.10. The van der Waals surface area contributed by atoms with Crippen molar-refractivity contribution < 1.29 is 4.79 Å². The van der Waals surface area contributed by atoms with Crippen LogP contribution in [0.2, 0.25) is 5.02 Å². The summed E-state index contributed by atoms with van der Waals surface area (Å²) >= 11 is 6.04. The highest BCUT2D eigenvalue weighted by Crippen LogP contribution is 2.26. The van der Waals surface area contributed by atoms with Gasteiger partial charge in [-0.3, -0.25) is 4.79 Å². The molecule has 0 N–H and O–H groups in total. The average Bonchev–Trinajstić information content (AvgIpc) is 2.59. The van der Waals surface area contributed by atoms with Crippen LogP contribution >= 0.6 is 11.6 Å². The van der Waals surface area contributed by atoms with Crippen molar-refractivity contribution in [2.24, 2.45) is 5.92 Å². The summed E-state index contributed by atoms with van der Waals surface area (Å²) in [6.07, 6.45) is 3.18. The van der Waals surface area contributed by atoms with Crippen LogP contribution in [0.15, 0.2) is 24.5 Å². The Kier molecular flexibility index (Phi) is 5.19. The van der Waals surface area contributed by atoms with E-state index >= 15 is 0 Å². The van der Waals surface area contributed by atoms with Gasteiger partial charge in [-0.15, -0.1) is 0 Å². The van der Waals surface area contributed by atoms with Crippen LogP contribution in [0.3, 0.4) is 0 Å². The summed E-state index contributed by atoms with van der Waals surface area (Å²) in [6.45, 7) is 7.38. The largest absolute Gasteiger partial charge is 0.352 e. The number of halogens is 1. The number of carbonyl (C=O) groups is 1. The molecule has 0 unspecified atom stereocenters. The highest BCUT2D eigenvalue weighted by Gasteiger charge is 2.23. The van der Waals surface area contributed by atoms with Crippen molar-refractivity contribution >= 4 is 34.2 Å². The topological polar surface area (TPSA) is 49.3 Å². The minimum absolute atomic E-state index is 0.266. The number of benzene rings is 1. The van der Waals surface area contributed by atoms with E-state index in [0.29, 0.717) is 17.4 Å². The number of rotatable bonds is 4. The van der Waals surface area contributed by atoms with E-state index in [9.17, 15) is 4.79 Å². The molecule has 1 aliphatic heterocycles. The van der Waals surface area contributed by atoms with E-state index in [-0.39, 0.29) is 5.91 Å². The van der Waals surface area contributed by atoms with Gasteiger partial charge in [0.15, 0.2) is 0 Å². The first-order chi connectivity index (χ1) is 11.5. The molecule has 0 spiro atoms. The summed E-state index contributed by atoms with van der Waals surface area (Å²) in [5.41, 5.74) is 0.850. The Morgan fingerprint density at radius 3 is 2.67 bits per heavy atom. The quantitative estimate of drug-likeness (QED) is 0.851. The Bertz CT molecular complexity index is 726. The lowest BCUT2D eigenvalue weighted by Gasteiger charge is -2.36. The third kappa shape index (κ3) is 3.78. The van der Waals surface area contributed by atoms with Crippen molar-refractivity contribution in [3.05, 3.63) is 29.5 Å². The molecule has 0 saturated carbocycles. The SMILES string of the molecule is CC(C)CCC(=O)N1CCN(c2ncnc3cc(Cl)ccc23)CC1. The highest BCUT2D eigenvalue weighted by molar-refractivity contribution is 6.31. The molecule has 128 valence electrons. The normalized spacial score (nSPS) is 15.3. The van der Waals surface area contributed by atoms with E-state index in [4.69, 9.17) is 11.6 Å². The van der Waals surface area contributed by atoms with Gasteiger partial charge in [-0.25, -0.2) is 9.97 Å². The first-order valence-corrected chi connectivity index (χ1v) is 8.85. The van der Waals surface area contributed by atoms with Crippen molar-refractivity contribution in [3.8, 4) is 0 Å². The van der Waals surface area contributed by atoms with E-state index in [1.165, 1.54) is 0 Å². The Morgan fingerprint density at radius 1 is 1.21 bits per heavy atom. The molecule has 0 aliphatic carbocycles. The predicted octanol–water partition coefficient (Wildman–Crippen LogP) is 3.37. The summed E-state index contributed by atoms with van der Waals surface area (Å²) in [4.78, 5) is 25.2. The van der Waals surface area contributed by atoms with E-state index in [0.717, 1.165) is 49.3 Å². The van der Waals surface area contributed by atoms with Gasteiger partial charge >= 0.3 is 0 Å². The fourth-order valence-electron chi connectivity index (χ4n) is 3.01. The average molecular weight is 347 g/mol. The van der Waals surface area contributed by atoms with Crippen molar-refractivity contribution in [1.29, 1.82) is 0 Å². The highest BCUT2D eigenvalue weighted by atomic mass is 35.5. The van der Waals surface area contributed by atoms with Crippen LogP contribution in [0, 0.1) is 5.92 Å². The zero-order chi connectivity index (χ0) is 17.1. The number of carbonyl (C=O) groups excluding carboxylic acids is 1. The Hall–Kier alpha value is -1.88. The molecule has 1 fully saturated rings. The Morgan fingerprint density at radius 2 is 1.96 bits per heavy atom. The van der Waals surface area contributed by atoms with Crippen molar-refractivity contribution in [3.63, 3.8) is 0 Å². The minimum Gasteiger partial charge on any atom is -0.352 e. The molecule has 6 heteroatoms. The van der Waals surface area contributed by atoms with Gasteiger partial charge in [0, 0.05) is 43.0 Å². The number of anilines is 1. The van der Waals surface area contributed by atoms with Gasteiger partial charge in [-0.05, 0) is 30.5 Å². The van der Waals surface area contributed by atoms with E-state index in [1.807, 2.05) is 23.1 Å². The third-order valence-corrected chi connectivity index (χ3v) is 4.68. The standard InChI is InChI=1S/C18H23ClN4O/c1-13(2)3-6-17(24)22-7-9-23(10-8-22)18-15-5-4-14(19)11-16(15)20-12-21-18/h4-5,11-13H,3,6-10H2,1-2H3. The van der Waals surface area contributed by atoms with E-state index < -0.39 is 0 Å². The van der Waals surface area contributed by atoms with Crippen LogP contribution in [0.1, 0.15) is 26.7 Å². The summed E-state index contributed by atoms with van der Waals surface area (Å²) < 4.78 is 0. The summed E-state index contributed by atoms with van der Waals surface area (Å²) in [7, 11) is 0. The molecule has 1 saturated heterocycles. The number of hydrogen-bond donors (Lipinski definition) is 0. The number of fused-ring (bicyclic) bond motifs is 1. The van der Waals surface area contributed by atoms with E-state index in [2.05, 4.69) is 28.7 Å². The maximum Gasteiger partial charge on any atom is 0.222 e. The fraction of sp³-hybridized carbons (Fsp3) is 0.500. The smallest absolute Gasteiger partial charge is 0.222 e. The Labute approximate surface area is 147 Å². The third-order valence-electron chi connectivity index (χ3n) is 4.44. The fourth-order valence-corrected chi connectivity index (χ4v) is 3.17. The lowest BCUT2D eigenvalue weighted by atomic mass is 10.1. The first-order valence-electron chi connectivity index (χ1n) is 8.47. The second kappa shape index (κ2) is 7.34. The number of hydrogen-bond acceptors (Lipinski definition) is 4. The van der Waals surface area contributed by atoms with Gasteiger partial charge in [0.25, 0.3) is 0 Å². The van der Waals surface area contributed by atoms with Gasteiger partial charge < -0.3 is 9.80 Å². The van der Waals surface area contributed by atoms with Gasteiger partial charge in [-0.2, -0.15) is 0 Å². The van der Waals surface area contributed by atoms with Crippen LogP contribution in [0.4, 0.5) is 5.82 Å². The molecule has 1 aromatic carbocycles. The number of amides is 1. The van der Waals surface area contributed by atoms with Crippen LogP contribution < -0.4 is 4.90 Å². The van der Waals surface area contributed by atoms with E-state index in [1.54, 1.807) is 6.33 Å². The van der Waals surface area contributed by atoms with Crippen LogP contribution in [0.5, 0.6) is 0 Å². The molecular formula is C18H23ClN4O. The zero-order valence-electron chi connectivity index (χ0n) is 14.2.